The van der Waals surface area contributed by atoms with Gasteiger partial charge >= 0.3 is 0 Å². The lowest BCUT2D eigenvalue weighted by molar-refractivity contribution is 0.0974. The molecule has 140 valence electrons. The number of aromatic amines is 1. The number of hydrogen-bond donors (Lipinski definition) is 1. The Morgan fingerprint density at radius 2 is 1.85 bits per heavy atom. The lowest BCUT2D eigenvalue weighted by Crippen LogP contribution is -2.47. The van der Waals surface area contributed by atoms with Crippen molar-refractivity contribution >= 4 is 26.7 Å². The molecule has 2 aliphatic rings. The van der Waals surface area contributed by atoms with E-state index in [1.807, 2.05) is 20.0 Å². The summed E-state index contributed by atoms with van der Waals surface area (Å²) in [4.78, 5) is 18.2. The van der Waals surface area contributed by atoms with Crippen LogP contribution >= 0.6 is 0 Å². The summed E-state index contributed by atoms with van der Waals surface area (Å²) in [6.07, 6.45) is 2.89. The number of hydrogen-bond acceptors (Lipinski definition) is 4. The molecule has 0 unspecified atom stereocenters. The second-order valence-electron chi connectivity index (χ2n) is 7.32. The van der Waals surface area contributed by atoms with Crippen LogP contribution in [0.3, 0.4) is 0 Å². The molecule has 1 aliphatic heterocycles. The van der Waals surface area contributed by atoms with Crippen molar-refractivity contribution in [2.75, 3.05) is 33.2 Å². The van der Waals surface area contributed by atoms with E-state index in [1.54, 1.807) is 10.4 Å². The van der Waals surface area contributed by atoms with E-state index in [0.29, 0.717) is 30.8 Å². The van der Waals surface area contributed by atoms with Crippen LogP contribution < -0.4 is 0 Å². The number of H-pyrrole nitrogens is 1. The molecule has 1 aromatic carbocycles. The van der Waals surface area contributed by atoms with Crippen molar-refractivity contribution in [1.29, 1.82) is 0 Å². The van der Waals surface area contributed by atoms with Gasteiger partial charge in [0.15, 0.2) is 5.78 Å². The first-order valence-corrected chi connectivity index (χ1v) is 10.7. The van der Waals surface area contributed by atoms with Crippen LogP contribution in [0.25, 0.3) is 10.9 Å². The Morgan fingerprint density at radius 1 is 1.12 bits per heavy atom. The molecule has 1 aliphatic carbocycles. The highest BCUT2D eigenvalue weighted by atomic mass is 32.2. The number of carbonyl (C=O) groups excluding carboxylic acids is 1. The first kappa shape index (κ1) is 17.7. The number of benzene rings is 1. The molecule has 1 N–H and O–H groups in total. The van der Waals surface area contributed by atoms with Gasteiger partial charge in [-0.05, 0) is 44.0 Å². The van der Waals surface area contributed by atoms with Gasteiger partial charge in [-0.1, -0.05) is 6.92 Å². The van der Waals surface area contributed by atoms with Gasteiger partial charge in [-0.25, -0.2) is 8.42 Å². The van der Waals surface area contributed by atoms with Crippen molar-refractivity contribution in [1.82, 2.24) is 14.2 Å². The monoisotopic (exact) mass is 375 g/mol. The molecule has 1 fully saturated rings. The molecule has 1 aromatic heterocycles. The maximum atomic E-state index is 13.3. The molecule has 0 bridgehead atoms. The predicted octanol–water partition coefficient (Wildman–Crippen LogP) is 2.19. The van der Waals surface area contributed by atoms with Gasteiger partial charge in [0.05, 0.1) is 4.90 Å². The van der Waals surface area contributed by atoms with Crippen molar-refractivity contribution in [2.24, 2.45) is 0 Å². The number of nitrogens with one attached hydrogen (secondary N) is 1. The van der Waals surface area contributed by atoms with E-state index in [-0.39, 0.29) is 5.78 Å². The minimum Gasteiger partial charge on any atom is -0.358 e. The zero-order valence-electron chi connectivity index (χ0n) is 15.3. The molecule has 0 atom stereocenters. The van der Waals surface area contributed by atoms with Crippen LogP contribution in [0.15, 0.2) is 17.0 Å². The highest BCUT2D eigenvalue weighted by Gasteiger charge is 2.31. The van der Waals surface area contributed by atoms with E-state index in [4.69, 9.17) is 0 Å². The molecule has 0 radical (unpaired) electrons. The summed E-state index contributed by atoms with van der Waals surface area (Å²) >= 11 is 0. The number of aryl methyl sites for hydroxylation is 2. The van der Waals surface area contributed by atoms with Gasteiger partial charge in [-0.15, -0.1) is 0 Å². The van der Waals surface area contributed by atoms with Crippen molar-refractivity contribution in [3.63, 3.8) is 0 Å². The summed E-state index contributed by atoms with van der Waals surface area (Å²) in [6, 6.07) is 3.66. The first-order chi connectivity index (χ1) is 12.4. The van der Waals surface area contributed by atoms with Gasteiger partial charge < -0.3 is 9.88 Å². The average molecular weight is 375 g/mol. The fourth-order valence-corrected chi connectivity index (χ4v) is 5.79. The molecule has 26 heavy (non-hydrogen) atoms. The number of rotatable bonds is 3. The fourth-order valence-electron chi connectivity index (χ4n) is 4.06. The lowest BCUT2D eigenvalue weighted by atomic mass is 9.94. The summed E-state index contributed by atoms with van der Waals surface area (Å²) in [5.41, 5.74) is 3.27. The van der Waals surface area contributed by atoms with Crippen LogP contribution in [0, 0.1) is 0 Å². The lowest BCUT2D eigenvalue weighted by Gasteiger charge is -2.32. The Labute approximate surface area is 154 Å². The number of nitrogens with zero attached hydrogens (tertiary/aromatic N) is 2. The maximum Gasteiger partial charge on any atom is 0.243 e. The van der Waals surface area contributed by atoms with Gasteiger partial charge in [0, 0.05) is 54.8 Å². The number of sulfonamides is 1. The average Bonchev–Trinajstić information content (AvgIpc) is 2.99. The molecule has 7 heteroatoms. The zero-order chi connectivity index (χ0) is 18.5. The molecule has 1 saturated heterocycles. The molecule has 4 rings (SSSR count). The maximum absolute atomic E-state index is 13.3. The Hall–Kier alpha value is -1.70. The molecular weight excluding hydrogens is 350 g/mol. The van der Waals surface area contributed by atoms with E-state index >= 15 is 0 Å². The quantitative estimate of drug-likeness (QED) is 0.892. The van der Waals surface area contributed by atoms with Crippen molar-refractivity contribution in [3.8, 4) is 0 Å². The molecule has 2 heterocycles. The Bertz CT molecular complexity index is 970. The second kappa shape index (κ2) is 6.48. The highest BCUT2D eigenvalue weighted by molar-refractivity contribution is 7.89. The molecule has 0 saturated carbocycles. The van der Waals surface area contributed by atoms with Crippen LogP contribution in [-0.2, 0) is 22.9 Å². The van der Waals surface area contributed by atoms with Gasteiger partial charge in [0.2, 0.25) is 10.0 Å². The largest absolute Gasteiger partial charge is 0.358 e. The summed E-state index contributed by atoms with van der Waals surface area (Å²) < 4.78 is 28.1. The van der Waals surface area contributed by atoms with Crippen molar-refractivity contribution in [2.45, 2.75) is 37.5 Å². The van der Waals surface area contributed by atoms with E-state index < -0.39 is 10.0 Å². The minimum absolute atomic E-state index is 0.161. The molecule has 6 nitrogen and oxygen atoms in total. The van der Waals surface area contributed by atoms with E-state index in [2.05, 4.69) is 9.88 Å². The molecular formula is C19H25N3O3S. The van der Waals surface area contributed by atoms with E-state index in [1.165, 1.54) is 0 Å². The number of Topliss-reactive ketones (excluding diaryl/α,β-unsaturated/α-hetero) is 1. The zero-order valence-corrected chi connectivity index (χ0v) is 16.2. The normalized spacial score (nSPS) is 19.8. The number of piperazine rings is 1. The topological polar surface area (TPSA) is 73.5 Å². The number of aromatic nitrogens is 1. The third kappa shape index (κ3) is 2.78. The number of likely N-dealkylation sites (N-methyl/N-ethyl adjacent to an activating group) is 1. The van der Waals surface area contributed by atoms with Crippen LogP contribution in [0.1, 0.15) is 41.4 Å². The van der Waals surface area contributed by atoms with Crippen molar-refractivity contribution < 1.29 is 13.2 Å². The number of fused-ring (bicyclic) bond motifs is 3. The first-order valence-electron chi connectivity index (χ1n) is 9.31. The summed E-state index contributed by atoms with van der Waals surface area (Å²) in [6.45, 7) is 4.48. The van der Waals surface area contributed by atoms with E-state index in [9.17, 15) is 13.2 Å². The predicted molar refractivity (Wildman–Crippen MR) is 101 cm³/mol. The smallest absolute Gasteiger partial charge is 0.243 e. The Balaban J connectivity index is 1.84. The van der Waals surface area contributed by atoms with Crippen LogP contribution in [0.5, 0.6) is 0 Å². The fraction of sp³-hybridized carbons (Fsp3) is 0.526. The van der Waals surface area contributed by atoms with Crippen LogP contribution in [-0.4, -0.2) is 61.6 Å². The summed E-state index contributed by atoms with van der Waals surface area (Å²) in [5, 5.41) is 0.874. The number of carbonyl (C=O) groups is 1. The van der Waals surface area contributed by atoms with E-state index in [0.717, 1.165) is 53.7 Å². The third-order valence-electron chi connectivity index (χ3n) is 5.63. The third-order valence-corrected chi connectivity index (χ3v) is 7.61. The summed E-state index contributed by atoms with van der Waals surface area (Å²) in [7, 11) is -1.52. The standard InChI is InChI=1S/C19H25N3O3S/c1-3-13-11-14-16(20-15-5-4-6-17(23)19(14)15)12-18(13)26(24,25)22-9-7-21(2)8-10-22/h11-12,20H,3-10H2,1-2H3. The van der Waals surface area contributed by atoms with Crippen LogP contribution in [0.4, 0.5) is 0 Å². The number of ketones is 1. The van der Waals surface area contributed by atoms with Gasteiger partial charge in [-0.2, -0.15) is 4.31 Å². The second-order valence-corrected chi connectivity index (χ2v) is 9.23. The van der Waals surface area contributed by atoms with Crippen molar-refractivity contribution in [3.05, 3.63) is 29.0 Å². The molecule has 2 aromatic rings. The summed E-state index contributed by atoms with van der Waals surface area (Å²) in [5.74, 6) is 0.161. The minimum atomic E-state index is -3.53. The Morgan fingerprint density at radius 3 is 2.54 bits per heavy atom. The Kier molecular flexibility index (Phi) is 4.41. The molecule has 0 spiro atoms. The van der Waals surface area contributed by atoms with Gasteiger partial charge in [-0.3, -0.25) is 4.79 Å². The molecule has 0 amide bonds. The van der Waals surface area contributed by atoms with Gasteiger partial charge in [0.1, 0.15) is 0 Å². The SMILES string of the molecule is CCc1cc2c3c([nH]c2cc1S(=O)(=O)N1CCN(C)CC1)CCCC3=O. The highest BCUT2D eigenvalue weighted by Crippen LogP contribution is 2.33. The van der Waals surface area contributed by atoms with Gasteiger partial charge in [0.25, 0.3) is 0 Å². The van der Waals surface area contributed by atoms with Crippen LogP contribution in [0.2, 0.25) is 0 Å².